The first-order chi connectivity index (χ1) is 9.16. The molecule has 5 nitrogen and oxygen atoms in total. The molecular formula is C14H20BrNO4. The molecule has 1 unspecified atom stereocenters. The molecule has 0 aromatic carbocycles. The quantitative estimate of drug-likeness (QED) is 0.859. The Morgan fingerprint density at radius 2 is 2.05 bits per heavy atom. The lowest BCUT2D eigenvalue weighted by molar-refractivity contribution is -0.155. The topological polar surface area (TPSA) is 70.8 Å². The SMILES string of the molecule is CC(C)C(C)(CC(=O)N(C)Cc1ccc(Br)o1)C(=O)O. The molecule has 1 aromatic heterocycles. The number of furan rings is 1. The van der Waals surface area contributed by atoms with Gasteiger partial charge < -0.3 is 14.4 Å². The van der Waals surface area contributed by atoms with Gasteiger partial charge >= 0.3 is 5.97 Å². The van der Waals surface area contributed by atoms with Crippen molar-refractivity contribution >= 4 is 27.8 Å². The van der Waals surface area contributed by atoms with Gasteiger partial charge in [0.25, 0.3) is 0 Å². The molecule has 0 bridgehead atoms. The molecular weight excluding hydrogens is 326 g/mol. The van der Waals surface area contributed by atoms with Gasteiger partial charge in [0.2, 0.25) is 5.91 Å². The fourth-order valence-electron chi connectivity index (χ4n) is 1.73. The van der Waals surface area contributed by atoms with E-state index >= 15 is 0 Å². The first kappa shape index (κ1) is 16.8. The van der Waals surface area contributed by atoms with Gasteiger partial charge in [0.1, 0.15) is 5.76 Å². The summed E-state index contributed by atoms with van der Waals surface area (Å²) in [6, 6.07) is 3.52. The highest BCUT2D eigenvalue weighted by Gasteiger charge is 2.39. The van der Waals surface area contributed by atoms with Crippen molar-refractivity contribution in [2.24, 2.45) is 11.3 Å². The van der Waals surface area contributed by atoms with Gasteiger partial charge in [-0.3, -0.25) is 9.59 Å². The predicted molar refractivity (Wildman–Crippen MR) is 78.1 cm³/mol. The van der Waals surface area contributed by atoms with Gasteiger partial charge in [-0.1, -0.05) is 13.8 Å². The monoisotopic (exact) mass is 345 g/mol. The van der Waals surface area contributed by atoms with E-state index in [0.717, 1.165) is 0 Å². The van der Waals surface area contributed by atoms with Crippen molar-refractivity contribution in [1.82, 2.24) is 4.90 Å². The lowest BCUT2D eigenvalue weighted by Crippen LogP contribution is -2.39. The van der Waals surface area contributed by atoms with Gasteiger partial charge in [-0.05, 0) is 40.9 Å². The highest BCUT2D eigenvalue weighted by molar-refractivity contribution is 9.10. The molecule has 1 heterocycles. The number of amides is 1. The lowest BCUT2D eigenvalue weighted by atomic mass is 9.76. The maximum absolute atomic E-state index is 12.2. The largest absolute Gasteiger partial charge is 0.481 e. The smallest absolute Gasteiger partial charge is 0.310 e. The fourth-order valence-corrected chi connectivity index (χ4v) is 2.07. The Bertz CT molecular complexity index is 497. The van der Waals surface area contributed by atoms with E-state index in [1.54, 1.807) is 26.1 Å². The second kappa shape index (κ2) is 6.43. The number of halogens is 1. The van der Waals surface area contributed by atoms with Gasteiger partial charge in [0, 0.05) is 13.5 Å². The number of carboxylic acids is 1. The van der Waals surface area contributed by atoms with E-state index < -0.39 is 11.4 Å². The van der Waals surface area contributed by atoms with Crippen LogP contribution in [0.15, 0.2) is 21.2 Å². The Morgan fingerprint density at radius 1 is 1.45 bits per heavy atom. The summed E-state index contributed by atoms with van der Waals surface area (Å²) >= 11 is 3.20. The average molecular weight is 346 g/mol. The lowest BCUT2D eigenvalue weighted by Gasteiger charge is -2.30. The van der Waals surface area contributed by atoms with E-state index in [2.05, 4.69) is 15.9 Å². The minimum Gasteiger partial charge on any atom is -0.481 e. The normalized spacial score (nSPS) is 14.1. The van der Waals surface area contributed by atoms with Crippen LogP contribution in [-0.4, -0.2) is 28.9 Å². The van der Waals surface area contributed by atoms with Crippen LogP contribution in [0.3, 0.4) is 0 Å². The Balaban J connectivity index is 2.72. The summed E-state index contributed by atoms with van der Waals surface area (Å²) in [6.45, 7) is 5.55. The average Bonchev–Trinajstić information content (AvgIpc) is 2.73. The van der Waals surface area contributed by atoms with Gasteiger partial charge in [-0.25, -0.2) is 0 Å². The number of nitrogens with zero attached hydrogens (tertiary/aromatic N) is 1. The maximum atomic E-state index is 12.2. The van der Waals surface area contributed by atoms with Crippen molar-refractivity contribution in [3.8, 4) is 0 Å². The van der Waals surface area contributed by atoms with E-state index in [4.69, 9.17) is 4.42 Å². The zero-order valence-corrected chi connectivity index (χ0v) is 13.7. The number of carbonyl (C=O) groups is 2. The minimum atomic E-state index is -1.06. The molecule has 20 heavy (non-hydrogen) atoms. The van der Waals surface area contributed by atoms with Crippen molar-refractivity contribution < 1.29 is 19.1 Å². The standard InChI is InChI=1S/C14H20BrNO4/c1-9(2)14(3,13(18)19)7-12(17)16(4)8-10-5-6-11(15)20-10/h5-6,9H,7-8H2,1-4H3,(H,18,19). The number of aliphatic carboxylic acids is 1. The fraction of sp³-hybridized carbons (Fsp3) is 0.571. The summed E-state index contributed by atoms with van der Waals surface area (Å²) in [5, 5.41) is 9.33. The van der Waals surface area contributed by atoms with Crippen LogP contribution < -0.4 is 0 Å². The van der Waals surface area contributed by atoms with Crippen LogP contribution in [-0.2, 0) is 16.1 Å². The van der Waals surface area contributed by atoms with Crippen LogP contribution in [0.1, 0.15) is 33.0 Å². The van der Waals surface area contributed by atoms with Crippen LogP contribution in [0, 0.1) is 11.3 Å². The van der Waals surface area contributed by atoms with Crippen molar-refractivity contribution in [1.29, 1.82) is 0 Å². The molecule has 0 saturated carbocycles. The first-order valence-corrected chi connectivity index (χ1v) is 7.17. The molecule has 0 aliphatic heterocycles. The van der Waals surface area contributed by atoms with Gasteiger partial charge in [0.15, 0.2) is 4.67 Å². The molecule has 0 fully saturated rings. The molecule has 112 valence electrons. The maximum Gasteiger partial charge on any atom is 0.310 e. The number of rotatable bonds is 6. The highest BCUT2D eigenvalue weighted by Crippen LogP contribution is 2.32. The Kier molecular flexibility index (Phi) is 5.39. The van der Waals surface area contributed by atoms with Crippen LogP contribution in [0.5, 0.6) is 0 Å². The van der Waals surface area contributed by atoms with Crippen molar-refractivity contribution in [2.75, 3.05) is 7.05 Å². The van der Waals surface area contributed by atoms with E-state index in [0.29, 0.717) is 17.0 Å². The highest BCUT2D eigenvalue weighted by atomic mass is 79.9. The van der Waals surface area contributed by atoms with Crippen molar-refractivity contribution in [2.45, 2.75) is 33.7 Å². The van der Waals surface area contributed by atoms with Crippen molar-refractivity contribution in [3.63, 3.8) is 0 Å². The molecule has 1 N–H and O–H groups in total. The first-order valence-electron chi connectivity index (χ1n) is 6.38. The summed E-state index contributed by atoms with van der Waals surface area (Å²) in [5.74, 6) is -0.643. The molecule has 0 spiro atoms. The molecule has 0 aliphatic rings. The molecule has 1 atom stereocenters. The van der Waals surface area contributed by atoms with Gasteiger partial charge in [-0.15, -0.1) is 0 Å². The van der Waals surface area contributed by atoms with Crippen LogP contribution in [0.4, 0.5) is 0 Å². The van der Waals surface area contributed by atoms with Crippen LogP contribution in [0.25, 0.3) is 0 Å². The molecule has 1 aromatic rings. The number of carboxylic acid groups (broad SMARTS) is 1. The van der Waals surface area contributed by atoms with E-state index in [-0.39, 0.29) is 18.2 Å². The zero-order valence-electron chi connectivity index (χ0n) is 12.1. The van der Waals surface area contributed by atoms with E-state index in [1.165, 1.54) is 4.90 Å². The summed E-state index contributed by atoms with van der Waals surface area (Å²) in [5.41, 5.74) is -1.06. The molecule has 1 amide bonds. The van der Waals surface area contributed by atoms with Crippen LogP contribution in [0.2, 0.25) is 0 Å². The summed E-state index contributed by atoms with van der Waals surface area (Å²) in [7, 11) is 1.64. The number of hydrogen-bond acceptors (Lipinski definition) is 3. The Labute approximate surface area is 127 Å². The number of carbonyl (C=O) groups excluding carboxylic acids is 1. The molecule has 0 radical (unpaired) electrons. The van der Waals surface area contributed by atoms with Gasteiger partial charge in [-0.2, -0.15) is 0 Å². The second-order valence-corrected chi connectivity index (χ2v) is 6.29. The summed E-state index contributed by atoms with van der Waals surface area (Å²) in [6.07, 6.45) is -0.0294. The van der Waals surface area contributed by atoms with Gasteiger partial charge in [0.05, 0.1) is 12.0 Å². The zero-order chi connectivity index (χ0) is 15.5. The van der Waals surface area contributed by atoms with E-state index in [9.17, 15) is 14.7 Å². The third-order valence-electron chi connectivity index (χ3n) is 3.73. The Morgan fingerprint density at radius 3 is 2.45 bits per heavy atom. The molecule has 0 saturated heterocycles. The number of hydrogen-bond donors (Lipinski definition) is 1. The third-order valence-corrected chi connectivity index (χ3v) is 4.16. The molecule has 0 aliphatic carbocycles. The molecule has 6 heteroatoms. The van der Waals surface area contributed by atoms with E-state index in [1.807, 2.05) is 13.8 Å². The van der Waals surface area contributed by atoms with Crippen LogP contribution >= 0.6 is 15.9 Å². The summed E-state index contributed by atoms with van der Waals surface area (Å²) in [4.78, 5) is 25.1. The summed E-state index contributed by atoms with van der Waals surface area (Å²) < 4.78 is 5.94. The van der Waals surface area contributed by atoms with Crippen molar-refractivity contribution in [3.05, 3.63) is 22.6 Å². The second-order valence-electron chi connectivity index (χ2n) is 5.51. The molecule has 1 rings (SSSR count). The Hall–Kier alpha value is -1.30. The minimum absolute atomic E-state index is 0.0294. The third kappa shape index (κ3) is 3.85. The predicted octanol–water partition coefficient (Wildman–Crippen LogP) is 3.14.